The fraction of sp³-hybridized carbons (Fsp3) is 0.333. The summed E-state index contributed by atoms with van der Waals surface area (Å²) in [6.45, 7) is 3.32. The zero-order chi connectivity index (χ0) is 17.4. The second-order valence-corrected chi connectivity index (χ2v) is 6.37. The number of carbonyl (C=O) groups is 1. The third kappa shape index (κ3) is 2.97. The van der Waals surface area contributed by atoms with Crippen molar-refractivity contribution in [2.45, 2.75) is 19.8 Å². The van der Waals surface area contributed by atoms with Crippen LogP contribution in [0.1, 0.15) is 29.0 Å². The van der Waals surface area contributed by atoms with Crippen LogP contribution in [0.2, 0.25) is 0 Å². The molecule has 25 heavy (non-hydrogen) atoms. The lowest BCUT2D eigenvalue weighted by Crippen LogP contribution is -2.39. The molecule has 1 aromatic carbocycles. The van der Waals surface area contributed by atoms with E-state index in [0.717, 1.165) is 31.0 Å². The highest BCUT2D eigenvalue weighted by Gasteiger charge is 2.27. The third-order valence-electron chi connectivity index (χ3n) is 4.65. The van der Waals surface area contributed by atoms with Crippen molar-refractivity contribution < 1.29 is 9.18 Å². The van der Waals surface area contributed by atoms with Crippen molar-refractivity contribution in [1.29, 1.82) is 0 Å². The summed E-state index contributed by atoms with van der Waals surface area (Å²) in [6, 6.07) is 9.57. The Kier molecular flexibility index (Phi) is 3.91. The van der Waals surface area contributed by atoms with Crippen LogP contribution in [0.5, 0.6) is 0 Å². The van der Waals surface area contributed by atoms with Crippen LogP contribution >= 0.6 is 0 Å². The molecule has 4 rings (SSSR count). The molecule has 0 amide bonds. The maximum atomic E-state index is 13.1. The fourth-order valence-corrected chi connectivity index (χ4v) is 3.30. The Bertz CT molecular complexity index is 921. The fourth-order valence-electron chi connectivity index (χ4n) is 3.30. The lowest BCUT2D eigenvalue weighted by Gasteiger charge is -2.32. The van der Waals surface area contributed by atoms with Crippen molar-refractivity contribution in [3.8, 4) is 0 Å². The number of anilines is 1. The molecule has 0 spiro atoms. The van der Waals surface area contributed by atoms with Crippen LogP contribution in [-0.4, -0.2) is 38.7 Å². The first-order valence-corrected chi connectivity index (χ1v) is 8.35. The zero-order valence-corrected chi connectivity index (χ0v) is 13.9. The molecule has 6 nitrogen and oxygen atoms in total. The van der Waals surface area contributed by atoms with Crippen molar-refractivity contribution >= 4 is 17.2 Å². The second-order valence-electron chi connectivity index (χ2n) is 6.37. The minimum absolute atomic E-state index is 0.0613. The Morgan fingerprint density at radius 2 is 1.96 bits per heavy atom. The van der Waals surface area contributed by atoms with Crippen LogP contribution in [0.25, 0.3) is 5.65 Å². The number of ketones is 1. The van der Waals surface area contributed by atoms with Gasteiger partial charge in [0.25, 0.3) is 0 Å². The normalized spacial score (nSPS) is 17.8. The van der Waals surface area contributed by atoms with E-state index < -0.39 is 0 Å². The third-order valence-corrected chi connectivity index (χ3v) is 4.65. The number of aryl methyl sites for hydroxylation is 1. The van der Waals surface area contributed by atoms with Crippen molar-refractivity contribution in [2.24, 2.45) is 5.92 Å². The minimum atomic E-state index is -0.330. The molecule has 0 saturated carbocycles. The molecule has 1 aliphatic heterocycles. The number of Topliss-reactive ketones (excluding diaryl/α,β-unsaturated/α-hetero) is 1. The summed E-state index contributed by atoms with van der Waals surface area (Å²) in [5, 5.41) is 12.7. The van der Waals surface area contributed by atoms with Gasteiger partial charge in [0.15, 0.2) is 17.3 Å². The zero-order valence-electron chi connectivity index (χ0n) is 13.9. The molecule has 1 aliphatic rings. The van der Waals surface area contributed by atoms with E-state index in [-0.39, 0.29) is 17.5 Å². The molecule has 3 aromatic rings. The Morgan fingerprint density at radius 3 is 2.76 bits per heavy atom. The predicted octanol–water partition coefficient (Wildman–Crippen LogP) is 2.67. The summed E-state index contributed by atoms with van der Waals surface area (Å²) in [6.07, 6.45) is 1.75. The first-order chi connectivity index (χ1) is 12.1. The Hall–Kier alpha value is -2.83. The van der Waals surface area contributed by atoms with E-state index >= 15 is 0 Å². The number of hydrogen-bond donors (Lipinski definition) is 0. The summed E-state index contributed by atoms with van der Waals surface area (Å²) in [4.78, 5) is 14.8. The average molecular weight is 339 g/mol. The maximum Gasteiger partial charge on any atom is 0.178 e. The van der Waals surface area contributed by atoms with Crippen LogP contribution in [0.4, 0.5) is 10.2 Å². The number of benzene rings is 1. The van der Waals surface area contributed by atoms with Gasteiger partial charge in [-0.05, 0) is 56.2 Å². The number of piperidine rings is 1. The van der Waals surface area contributed by atoms with Gasteiger partial charge in [-0.3, -0.25) is 4.79 Å². The molecule has 1 atom stereocenters. The molecular formula is C18H18FN5O. The number of aromatic nitrogens is 4. The van der Waals surface area contributed by atoms with E-state index in [9.17, 15) is 9.18 Å². The van der Waals surface area contributed by atoms with Gasteiger partial charge >= 0.3 is 0 Å². The summed E-state index contributed by atoms with van der Waals surface area (Å²) in [5.41, 5.74) is 1.27. The molecule has 0 aliphatic carbocycles. The average Bonchev–Trinajstić information content (AvgIpc) is 3.02. The molecule has 3 heterocycles. The van der Waals surface area contributed by atoms with Gasteiger partial charge in [-0.25, -0.2) is 4.39 Å². The van der Waals surface area contributed by atoms with Crippen molar-refractivity contribution in [1.82, 2.24) is 19.8 Å². The van der Waals surface area contributed by atoms with Crippen LogP contribution in [0.15, 0.2) is 36.4 Å². The summed E-state index contributed by atoms with van der Waals surface area (Å²) >= 11 is 0. The first-order valence-electron chi connectivity index (χ1n) is 8.35. The SMILES string of the molecule is Cc1nnc2ccc(N3CCCC(C(=O)c4ccc(F)cc4)C3)nn12. The van der Waals surface area contributed by atoms with E-state index in [0.29, 0.717) is 17.8 Å². The molecular weight excluding hydrogens is 321 g/mol. The first kappa shape index (κ1) is 15.7. The second kappa shape index (κ2) is 6.23. The van der Waals surface area contributed by atoms with Crippen molar-refractivity contribution in [3.05, 3.63) is 53.6 Å². The van der Waals surface area contributed by atoms with Gasteiger partial charge in [0.1, 0.15) is 11.6 Å². The van der Waals surface area contributed by atoms with Crippen molar-refractivity contribution in [2.75, 3.05) is 18.0 Å². The smallest absolute Gasteiger partial charge is 0.178 e. The molecule has 1 fully saturated rings. The van der Waals surface area contributed by atoms with Gasteiger partial charge in [0.05, 0.1) is 0 Å². The largest absolute Gasteiger partial charge is 0.354 e. The number of fused-ring (bicyclic) bond motifs is 1. The van der Waals surface area contributed by atoms with E-state index in [2.05, 4.69) is 20.2 Å². The van der Waals surface area contributed by atoms with Gasteiger partial charge in [-0.15, -0.1) is 15.3 Å². The van der Waals surface area contributed by atoms with Crippen LogP contribution < -0.4 is 4.90 Å². The highest BCUT2D eigenvalue weighted by molar-refractivity contribution is 5.98. The molecule has 2 aromatic heterocycles. The maximum absolute atomic E-state index is 13.1. The van der Waals surface area contributed by atoms with Crippen LogP contribution in [-0.2, 0) is 0 Å². The van der Waals surface area contributed by atoms with Gasteiger partial charge < -0.3 is 4.90 Å². The lowest BCUT2D eigenvalue weighted by molar-refractivity contribution is 0.0907. The van der Waals surface area contributed by atoms with Gasteiger partial charge in [-0.2, -0.15) is 4.52 Å². The molecule has 1 saturated heterocycles. The Labute approximate surface area is 144 Å². The molecule has 1 unspecified atom stereocenters. The lowest BCUT2D eigenvalue weighted by atomic mass is 9.90. The summed E-state index contributed by atoms with van der Waals surface area (Å²) < 4.78 is 14.8. The molecule has 0 N–H and O–H groups in total. The van der Waals surface area contributed by atoms with Gasteiger partial charge in [-0.1, -0.05) is 0 Å². The number of carbonyl (C=O) groups excluding carboxylic acids is 1. The van der Waals surface area contributed by atoms with E-state index in [1.165, 1.54) is 12.1 Å². The number of halogens is 1. The van der Waals surface area contributed by atoms with Gasteiger partial charge in [0.2, 0.25) is 0 Å². The van der Waals surface area contributed by atoms with E-state index in [1.807, 2.05) is 19.1 Å². The topological polar surface area (TPSA) is 63.4 Å². The molecule has 128 valence electrons. The minimum Gasteiger partial charge on any atom is -0.354 e. The molecule has 7 heteroatoms. The van der Waals surface area contributed by atoms with Crippen molar-refractivity contribution in [3.63, 3.8) is 0 Å². The van der Waals surface area contributed by atoms with Crippen LogP contribution in [0, 0.1) is 18.7 Å². The van der Waals surface area contributed by atoms with Gasteiger partial charge in [0, 0.05) is 24.6 Å². The van der Waals surface area contributed by atoms with E-state index in [1.54, 1.807) is 16.6 Å². The van der Waals surface area contributed by atoms with Crippen LogP contribution in [0.3, 0.4) is 0 Å². The number of nitrogens with zero attached hydrogens (tertiary/aromatic N) is 5. The highest BCUT2D eigenvalue weighted by atomic mass is 19.1. The predicted molar refractivity (Wildman–Crippen MR) is 91.2 cm³/mol. The standard InChI is InChI=1S/C18H18FN5O/c1-12-20-21-16-8-9-17(22-24(12)16)23-10-2-3-14(11-23)18(25)13-4-6-15(19)7-5-13/h4-9,14H,2-3,10-11H2,1H3. The van der Waals surface area contributed by atoms with E-state index in [4.69, 9.17) is 0 Å². The summed E-state index contributed by atoms with van der Waals surface area (Å²) in [5.74, 6) is 1.16. The number of hydrogen-bond acceptors (Lipinski definition) is 5. The highest BCUT2D eigenvalue weighted by Crippen LogP contribution is 2.24. The quantitative estimate of drug-likeness (QED) is 0.687. The molecule has 0 radical (unpaired) electrons. The Morgan fingerprint density at radius 1 is 1.16 bits per heavy atom. The number of rotatable bonds is 3. The summed E-state index contributed by atoms with van der Waals surface area (Å²) in [7, 11) is 0. The monoisotopic (exact) mass is 339 g/mol. The molecule has 0 bridgehead atoms. The Balaban J connectivity index is 1.56.